The van der Waals surface area contributed by atoms with Gasteiger partial charge in [-0.1, -0.05) is 29.3 Å². The number of carbonyl (C=O) groups is 1. The summed E-state index contributed by atoms with van der Waals surface area (Å²) in [4.78, 5) is 11.7. The number of urea groups is 1. The van der Waals surface area contributed by atoms with Crippen molar-refractivity contribution in [2.45, 2.75) is 31.7 Å². The molecule has 0 saturated heterocycles. The molecule has 3 N–H and O–H groups in total. The Labute approximate surface area is 134 Å². The lowest BCUT2D eigenvalue weighted by molar-refractivity contribution is 0.230. The Balaban J connectivity index is 1.76. The highest BCUT2D eigenvalue weighted by molar-refractivity contribution is 6.35. The van der Waals surface area contributed by atoms with E-state index < -0.39 is 0 Å². The highest BCUT2D eigenvalue weighted by atomic mass is 35.5. The van der Waals surface area contributed by atoms with Crippen molar-refractivity contribution in [2.24, 2.45) is 5.92 Å². The van der Waals surface area contributed by atoms with Crippen LogP contribution < -0.4 is 10.6 Å². The van der Waals surface area contributed by atoms with E-state index in [2.05, 4.69) is 10.6 Å². The van der Waals surface area contributed by atoms with Gasteiger partial charge in [0.1, 0.15) is 0 Å². The van der Waals surface area contributed by atoms with Gasteiger partial charge in [-0.25, -0.2) is 4.79 Å². The van der Waals surface area contributed by atoms with Crippen LogP contribution in [-0.2, 0) is 0 Å². The van der Waals surface area contributed by atoms with Gasteiger partial charge in [0, 0.05) is 29.2 Å². The molecule has 0 aromatic heterocycles. The second kappa shape index (κ2) is 7.34. The molecule has 2 rings (SSSR count). The van der Waals surface area contributed by atoms with E-state index in [1.165, 1.54) is 0 Å². The largest absolute Gasteiger partial charge is 0.396 e. The number of aliphatic hydroxyl groups excluding tert-OH is 1. The molecule has 1 fully saturated rings. The smallest absolute Gasteiger partial charge is 0.315 e. The van der Waals surface area contributed by atoms with E-state index in [-0.39, 0.29) is 18.7 Å². The van der Waals surface area contributed by atoms with E-state index in [9.17, 15) is 4.79 Å². The third-order valence-electron chi connectivity index (χ3n) is 3.75. The number of benzene rings is 1. The molecule has 2 amide bonds. The molecule has 0 heterocycles. The van der Waals surface area contributed by atoms with E-state index in [1.54, 1.807) is 6.07 Å². The number of nitrogens with one attached hydrogen (secondary N) is 2. The third kappa shape index (κ3) is 4.77. The van der Waals surface area contributed by atoms with Gasteiger partial charge in [-0.05, 0) is 49.3 Å². The molecule has 0 radical (unpaired) electrons. The summed E-state index contributed by atoms with van der Waals surface area (Å²) in [5.41, 5.74) is 1.10. The van der Waals surface area contributed by atoms with Crippen molar-refractivity contribution in [1.29, 1.82) is 0 Å². The van der Waals surface area contributed by atoms with Gasteiger partial charge in [0.05, 0.1) is 0 Å². The molecular formula is C15H20Cl2N2O2. The van der Waals surface area contributed by atoms with Gasteiger partial charge in [-0.3, -0.25) is 0 Å². The van der Waals surface area contributed by atoms with E-state index in [1.807, 2.05) is 19.1 Å². The zero-order valence-corrected chi connectivity index (χ0v) is 13.4. The Morgan fingerprint density at radius 3 is 2.90 bits per heavy atom. The van der Waals surface area contributed by atoms with E-state index in [0.29, 0.717) is 34.8 Å². The highest BCUT2D eigenvalue weighted by Gasteiger charge is 2.39. The lowest BCUT2D eigenvalue weighted by atomic mass is 10.1. The molecule has 2 unspecified atom stereocenters. The van der Waals surface area contributed by atoms with E-state index in [0.717, 1.165) is 12.0 Å². The van der Waals surface area contributed by atoms with Crippen molar-refractivity contribution in [1.82, 2.24) is 10.6 Å². The summed E-state index contributed by atoms with van der Waals surface area (Å²) >= 11 is 12.1. The first kappa shape index (κ1) is 16.4. The molecule has 0 bridgehead atoms. The van der Waals surface area contributed by atoms with Gasteiger partial charge < -0.3 is 15.7 Å². The van der Waals surface area contributed by atoms with Crippen LogP contribution in [0.1, 0.15) is 31.2 Å². The maximum absolute atomic E-state index is 11.7. The first-order valence-electron chi connectivity index (χ1n) is 7.11. The normalized spacial score (nSPS) is 21.7. The molecule has 1 saturated carbocycles. The van der Waals surface area contributed by atoms with Crippen LogP contribution >= 0.6 is 23.2 Å². The molecule has 1 aromatic rings. The molecule has 1 aromatic carbocycles. The molecule has 1 aliphatic rings. The molecule has 3 atom stereocenters. The van der Waals surface area contributed by atoms with Crippen molar-refractivity contribution in [3.8, 4) is 0 Å². The van der Waals surface area contributed by atoms with Crippen molar-refractivity contribution < 1.29 is 9.90 Å². The molecule has 6 heteroatoms. The summed E-state index contributed by atoms with van der Waals surface area (Å²) in [5, 5.41) is 15.8. The first-order valence-corrected chi connectivity index (χ1v) is 7.87. The standard InChI is InChI=1S/C15H20Cl2N2O2/c1-9(4-5-20)19-15(21)18-8-10-6-13(10)12-3-2-11(16)7-14(12)17/h2-3,7,9-10,13,20H,4-6,8H2,1H3,(H2,18,19,21)/t9-,10?,13?/m1/s1. The van der Waals surface area contributed by atoms with E-state index >= 15 is 0 Å². The summed E-state index contributed by atoms with van der Waals surface area (Å²) < 4.78 is 0. The van der Waals surface area contributed by atoms with Crippen LogP contribution in [-0.4, -0.2) is 30.3 Å². The summed E-state index contributed by atoms with van der Waals surface area (Å²) in [6, 6.07) is 5.33. The SMILES string of the molecule is C[C@H](CCO)NC(=O)NCC1CC1c1ccc(Cl)cc1Cl. The lowest BCUT2D eigenvalue weighted by Gasteiger charge is -2.13. The van der Waals surface area contributed by atoms with Gasteiger partial charge in [0.15, 0.2) is 0 Å². The fourth-order valence-electron chi connectivity index (χ4n) is 2.42. The Morgan fingerprint density at radius 2 is 2.24 bits per heavy atom. The predicted octanol–water partition coefficient (Wildman–Crippen LogP) is 3.17. The van der Waals surface area contributed by atoms with Gasteiger partial charge in [-0.15, -0.1) is 0 Å². The first-order chi connectivity index (χ1) is 10.0. The molecule has 116 valence electrons. The number of hydrogen-bond donors (Lipinski definition) is 3. The van der Waals surface area contributed by atoms with Crippen LogP contribution in [0.5, 0.6) is 0 Å². The number of amides is 2. The van der Waals surface area contributed by atoms with Gasteiger partial charge in [0.25, 0.3) is 0 Å². The Morgan fingerprint density at radius 1 is 1.48 bits per heavy atom. The summed E-state index contributed by atoms with van der Waals surface area (Å²) in [6.45, 7) is 2.56. The number of carbonyl (C=O) groups excluding carboxylic acids is 1. The zero-order chi connectivity index (χ0) is 15.4. The van der Waals surface area contributed by atoms with Crippen molar-refractivity contribution in [2.75, 3.05) is 13.2 Å². The molecule has 0 aliphatic heterocycles. The van der Waals surface area contributed by atoms with Crippen LogP contribution in [0.4, 0.5) is 4.79 Å². The number of rotatable bonds is 6. The van der Waals surface area contributed by atoms with Crippen molar-refractivity contribution >= 4 is 29.2 Å². The topological polar surface area (TPSA) is 61.4 Å². The minimum atomic E-state index is -0.191. The molecule has 0 spiro atoms. The van der Waals surface area contributed by atoms with Gasteiger partial charge in [-0.2, -0.15) is 0 Å². The maximum Gasteiger partial charge on any atom is 0.315 e. The van der Waals surface area contributed by atoms with Crippen LogP contribution in [0.2, 0.25) is 10.0 Å². The monoisotopic (exact) mass is 330 g/mol. The average Bonchev–Trinajstić information content (AvgIpc) is 3.16. The second-order valence-electron chi connectivity index (χ2n) is 5.54. The second-order valence-corrected chi connectivity index (χ2v) is 6.38. The highest BCUT2D eigenvalue weighted by Crippen LogP contribution is 2.49. The number of aliphatic hydroxyl groups is 1. The maximum atomic E-state index is 11.7. The fourth-order valence-corrected chi connectivity index (χ4v) is 2.97. The Kier molecular flexibility index (Phi) is 5.73. The summed E-state index contributed by atoms with van der Waals surface area (Å²) in [6.07, 6.45) is 1.58. The van der Waals surface area contributed by atoms with Gasteiger partial charge in [0.2, 0.25) is 0 Å². The third-order valence-corrected chi connectivity index (χ3v) is 4.31. The minimum absolute atomic E-state index is 0.0318. The van der Waals surface area contributed by atoms with E-state index in [4.69, 9.17) is 28.3 Å². The minimum Gasteiger partial charge on any atom is -0.396 e. The van der Waals surface area contributed by atoms with Crippen LogP contribution in [0.25, 0.3) is 0 Å². The fraction of sp³-hybridized carbons (Fsp3) is 0.533. The predicted molar refractivity (Wildman–Crippen MR) is 85.0 cm³/mol. The van der Waals surface area contributed by atoms with Crippen LogP contribution in [0.3, 0.4) is 0 Å². The number of hydrogen-bond acceptors (Lipinski definition) is 2. The summed E-state index contributed by atoms with van der Waals surface area (Å²) in [7, 11) is 0. The van der Waals surface area contributed by atoms with Crippen LogP contribution in [0, 0.1) is 5.92 Å². The zero-order valence-electron chi connectivity index (χ0n) is 11.9. The molecule has 21 heavy (non-hydrogen) atoms. The Bertz CT molecular complexity index is 510. The van der Waals surface area contributed by atoms with Crippen molar-refractivity contribution in [3.63, 3.8) is 0 Å². The van der Waals surface area contributed by atoms with Crippen LogP contribution in [0.15, 0.2) is 18.2 Å². The average molecular weight is 331 g/mol. The quantitative estimate of drug-likeness (QED) is 0.750. The van der Waals surface area contributed by atoms with Crippen molar-refractivity contribution in [3.05, 3.63) is 33.8 Å². The lowest BCUT2D eigenvalue weighted by Crippen LogP contribution is -2.41. The number of halogens is 2. The summed E-state index contributed by atoms with van der Waals surface area (Å²) in [5.74, 6) is 0.813. The molecule has 4 nitrogen and oxygen atoms in total. The Hall–Kier alpha value is -0.970. The molecular weight excluding hydrogens is 311 g/mol. The van der Waals surface area contributed by atoms with Gasteiger partial charge >= 0.3 is 6.03 Å². The molecule has 1 aliphatic carbocycles.